The lowest BCUT2D eigenvalue weighted by atomic mass is 10.1. The summed E-state index contributed by atoms with van der Waals surface area (Å²) in [6.45, 7) is 3.60. The highest BCUT2D eigenvalue weighted by molar-refractivity contribution is 6.27. The van der Waals surface area contributed by atoms with Gasteiger partial charge in [0.2, 0.25) is 0 Å². The predicted octanol–water partition coefficient (Wildman–Crippen LogP) is 1.64. The largest absolute Gasteiger partial charge is 0.361 e. The molecular formula is C8H10ClNO2. The molecule has 4 heteroatoms. The summed E-state index contributed by atoms with van der Waals surface area (Å²) in [5, 5.41) is 3.73. The second-order valence-electron chi connectivity index (χ2n) is 2.65. The smallest absolute Gasteiger partial charge is 0.152 e. The molecule has 0 aliphatic rings. The Morgan fingerprint density at radius 2 is 2.25 bits per heavy atom. The molecule has 3 nitrogen and oxygen atoms in total. The predicted molar refractivity (Wildman–Crippen MR) is 45.4 cm³/mol. The molecule has 0 N–H and O–H groups in total. The Hall–Kier alpha value is -0.830. The summed E-state index contributed by atoms with van der Waals surface area (Å²) in [5.41, 5.74) is 1.63. The molecule has 0 aromatic carbocycles. The van der Waals surface area contributed by atoms with Gasteiger partial charge in [-0.1, -0.05) is 5.16 Å². The number of carbonyl (C=O) groups is 1. The van der Waals surface area contributed by atoms with Gasteiger partial charge in [-0.25, -0.2) is 0 Å². The van der Waals surface area contributed by atoms with E-state index >= 15 is 0 Å². The molecule has 1 rings (SSSR count). The lowest BCUT2D eigenvalue weighted by Gasteiger charge is -1.94. The van der Waals surface area contributed by atoms with Crippen LogP contribution in [0.2, 0.25) is 0 Å². The maximum absolute atomic E-state index is 11.0. The average Bonchev–Trinajstić information content (AvgIpc) is 2.35. The normalized spacial score (nSPS) is 10.2. The maximum Gasteiger partial charge on any atom is 0.152 e. The lowest BCUT2D eigenvalue weighted by Crippen LogP contribution is -2.05. The van der Waals surface area contributed by atoms with E-state index in [1.165, 1.54) is 0 Å². The molecule has 0 fully saturated rings. The van der Waals surface area contributed by atoms with Gasteiger partial charge in [-0.2, -0.15) is 0 Å². The van der Waals surface area contributed by atoms with Crippen LogP contribution in [0.4, 0.5) is 0 Å². The molecule has 1 heterocycles. The van der Waals surface area contributed by atoms with Crippen LogP contribution in [0.25, 0.3) is 0 Å². The van der Waals surface area contributed by atoms with Crippen LogP contribution in [-0.4, -0.2) is 16.8 Å². The van der Waals surface area contributed by atoms with Crippen LogP contribution in [0.5, 0.6) is 0 Å². The molecule has 0 unspecified atom stereocenters. The van der Waals surface area contributed by atoms with Gasteiger partial charge in [0.05, 0.1) is 11.6 Å². The summed E-state index contributed by atoms with van der Waals surface area (Å²) in [5.74, 6) is 0.737. The maximum atomic E-state index is 11.0. The van der Waals surface area contributed by atoms with Gasteiger partial charge in [0.1, 0.15) is 5.76 Å². The van der Waals surface area contributed by atoms with Gasteiger partial charge in [-0.15, -0.1) is 11.6 Å². The fourth-order valence-electron chi connectivity index (χ4n) is 0.999. The molecule has 66 valence electrons. The molecule has 12 heavy (non-hydrogen) atoms. The molecule has 0 amide bonds. The van der Waals surface area contributed by atoms with Crippen LogP contribution in [0.3, 0.4) is 0 Å². The van der Waals surface area contributed by atoms with E-state index in [9.17, 15) is 4.79 Å². The van der Waals surface area contributed by atoms with Crippen molar-refractivity contribution in [3.63, 3.8) is 0 Å². The fourth-order valence-corrected chi connectivity index (χ4v) is 1.09. The number of rotatable bonds is 3. The van der Waals surface area contributed by atoms with Gasteiger partial charge in [-0.05, 0) is 13.8 Å². The number of hydrogen-bond acceptors (Lipinski definition) is 3. The first-order valence-corrected chi connectivity index (χ1v) is 4.18. The Morgan fingerprint density at radius 3 is 2.67 bits per heavy atom. The third-order valence-corrected chi connectivity index (χ3v) is 2.00. The summed E-state index contributed by atoms with van der Waals surface area (Å²) < 4.78 is 4.90. The first kappa shape index (κ1) is 9.26. The van der Waals surface area contributed by atoms with Crippen molar-refractivity contribution in [2.45, 2.75) is 20.3 Å². The summed E-state index contributed by atoms with van der Waals surface area (Å²) >= 11 is 5.37. The van der Waals surface area contributed by atoms with E-state index in [4.69, 9.17) is 16.1 Å². The Balaban J connectivity index is 2.80. The van der Waals surface area contributed by atoms with Crippen molar-refractivity contribution in [3.05, 3.63) is 17.0 Å². The zero-order valence-corrected chi connectivity index (χ0v) is 7.81. The van der Waals surface area contributed by atoms with Gasteiger partial charge in [-0.3, -0.25) is 4.79 Å². The van der Waals surface area contributed by atoms with Gasteiger partial charge >= 0.3 is 0 Å². The van der Waals surface area contributed by atoms with Crippen LogP contribution < -0.4 is 0 Å². The number of Topliss-reactive ketones (excluding diaryl/α,β-unsaturated/α-hetero) is 1. The van der Waals surface area contributed by atoms with Crippen molar-refractivity contribution in [2.24, 2.45) is 0 Å². The van der Waals surface area contributed by atoms with E-state index in [1.54, 1.807) is 6.92 Å². The third kappa shape index (κ3) is 1.85. The van der Waals surface area contributed by atoms with Crippen LogP contribution in [0, 0.1) is 13.8 Å². The number of aromatic nitrogens is 1. The Kier molecular flexibility index (Phi) is 2.87. The Bertz CT molecular complexity index is 274. The van der Waals surface area contributed by atoms with Gasteiger partial charge < -0.3 is 4.52 Å². The van der Waals surface area contributed by atoms with Crippen LogP contribution >= 0.6 is 11.6 Å². The van der Waals surface area contributed by atoms with E-state index in [1.807, 2.05) is 6.92 Å². The molecule has 1 aromatic rings. The molecule has 0 saturated heterocycles. The first-order chi connectivity index (χ1) is 5.65. The standard InChI is InChI=1S/C8H10ClNO2/c1-5-8(3-7(11)4-9)6(2)12-10-5/h3-4H2,1-2H3. The molecule has 0 bridgehead atoms. The number of aryl methyl sites for hydroxylation is 2. The minimum absolute atomic E-state index is 0.00827. The second-order valence-corrected chi connectivity index (χ2v) is 2.92. The van der Waals surface area contributed by atoms with E-state index in [2.05, 4.69) is 5.16 Å². The molecule has 0 aliphatic heterocycles. The van der Waals surface area contributed by atoms with Crippen LogP contribution in [0.1, 0.15) is 17.0 Å². The van der Waals surface area contributed by atoms with Crippen LogP contribution in [-0.2, 0) is 11.2 Å². The number of carbonyl (C=O) groups excluding carboxylic acids is 1. The highest BCUT2D eigenvalue weighted by Gasteiger charge is 2.11. The molecular weight excluding hydrogens is 178 g/mol. The zero-order chi connectivity index (χ0) is 9.14. The molecule has 1 aromatic heterocycles. The lowest BCUT2D eigenvalue weighted by molar-refractivity contribution is -0.116. The van der Waals surface area contributed by atoms with Crippen molar-refractivity contribution in [3.8, 4) is 0 Å². The minimum atomic E-state index is -0.00827. The number of ketones is 1. The SMILES string of the molecule is Cc1noc(C)c1CC(=O)CCl. The first-order valence-electron chi connectivity index (χ1n) is 3.64. The van der Waals surface area contributed by atoms with Gasteiger partial charge in [0.25, 0.3) is 0 Å². The minimum Gasteiger partial charge on any atom is -0.361 e. The number of alkyl halides is 1. The molecule has 0 spiro atoms. The molecule has 0 aliphatic carbocycles. The number of nitrogens with zero attached hydrogens (tertiary/aromatic N) is 1. The van der Waals surface area contributed by atoms with Crippen molar-refractivity contribution in [1.29, 1.82) is 0 Å². The van der Waals surface area contributed by atoms with Crippen molar-refractivity contribution < 1.29 is 9.32 Å². The highest BCUT2D eigenvalue weighted by atomic mass is 35.5. The number of hydrogen-bond donors (Lipinski definition) is 0. The topological polar surface area (TPSA) is 43.1 Å². The molecule has 0 atom stereocenters. The quantitative estimate of drug-likeness (QED) is 0.676. The summed E-state index contributed by atoms with van der Waals surface area (Å²) in [7, 11) is 0. The monoisotopic (exact) mass is 187 g/mol. The Morgan fingerprint density at radius 1 is 1.58 bits per heavy atom. The van der Waals surface area contributed by atoms with Crippen molar-refractivity contribution >= 4 is 17.4 Å². The molecule has 0 saturated carbocycles. The van der Waals surface area contributed by atoms with E-state index in [-0.39, 0.29) is 11.7 Å². The number of halogens is 1. The van der Waals surface area contributed by atoms with E-state index in [0.717, 1.165) is 11.3 Å². The van der Waals surface area contributed by atoms with Crippen molar-refractivity contribution in [1.82, 2.24) is 5.16 Å². The van der Waals surface area contributed by atoms with E-state index < -0.39 is 0 Å². The van der Waals surface area contributed by atoms with Gasteiger partial charge in [0.15, 0.2) is 5.78 Å². The van der Waals surface area contributed by atoms with Gasteiger partial charge in [0, 0.05) is 12.0 Å². The summed E-state index contributed by atoms with van der Waals surface area (Å²) in [6, 6.07) is 0. The average molecular weight is 188 g/mol. The summed E-state index contributed by atoms with van der Waals surface area (Å²) in [4.78, 5) is 11.0. The van der Waals surface area contributed by atoms with Crippen LogP contribution in [0.15, 0.2) is 4.52 Å². The Labute approximate surface area is 75.7 Å². The summed E-state index contributed by atoms with van der Waals surface area (Å²) in [6.07, 6.45) is 0.324. The molecule has 0 radical (unpaired) electrons. The highest BCUT2D eigenvalue weighted by Crippen LogP contribution is 2.13. The second kappa shape index (κ2) is 3.72. The van der Waals surface area contributed by atoms with E-state index in [0.29, 0.717) is 12.2 Å². The zero-order valence-electron chi connectivity index (χ0n) is 7.06. The van der Waals surface area contributed by atoms with Crippen molar-refractivity contribution in [2.75, 3.05) is 5.88 Å². The fraction of sp³-hybridized carbons (Fsp3) is 0.500. The third-order valence-electron chi connectivity index (χ3n) is 1.70.